The third kappa shape index (κ3) is 43.7. The molecule has 0 spiro atoms. The fraction of sp³-hybridized carbons (Fsp3) is 0.940. The number of hydrogen-bond acceptors (Lipinski definition) is 10. The Morgan fingerprint density at radius 1 is 0.387 bits per heavy atom. The van der Waals surface area contributed by atoms with Gasteiger partial charge < -0.3 is 24.2 Å². The SMILES string of the molecule is CCCCCCCCCCCCCCCCCC(=O)OC(COC(=O)CCCCCCCCCCCCC)COP(=O)(O)OCC(CO)OC(=O)CCCCCCCCCCC. The average Bonchev–Trinajstić information content (AvgIpc) is 3.25. The van der Waals surface area contributed by atoms with Crippen LogP contribution in [-0.4, -0.2) is 66.5 Å². The van der Waals surface area contributed by atoms with Gasteiger partial charge in [0.2, 0.25) is 0 Å². The van der Waals surface area contributed by atoms with Crippen LogP contribution < -0.4 is 0 Å². The van der Waals surface area contributed by atoms with Crippen LogP contribution >= 0.6 is 7.82 Å². The van der Waals surface area contributed by atoms with Gasteiger partial charge in [0.1, 0.15) is 12.7 Å². The summed E-state index contributed by atoms with van der Waals surface area (Å²) in [7, 11) is -4.72. The Hall–Kier alpha value is -1.52. The summed E-state index contributed by atoms with van der Waals surface area (Å²) >= 11 is 0. The lowest BCUT2D eigenvalue weighted by Crippen LogP contribution is -2.30. The monoisotopic (exact) mass is 905 g/mol. The first-order valence-electron chi connectivity index (χ1n) is 25.9. The van der Waals surface area contributed by atoms with Crippen LogP contribution in [0.25, 0.3) is 0 Å². The van der Waals surface area contributed by atoms with E-state index < -0.39 is 57.8 Å². The fourth-order valence-corrected chi connectivity index (χ4v) is 8.32. The van der Waals surface area contributed by atoms with Crippen LogP contribution in [0.5, 0.6) is 0 Å². The number of carbonyl (C=O) groups excluding carboxylic acids is 3. The molecule has 0 aromatic rings. The maximum Gasteiger partial charge on any atom is 0.472 e. The van der Waals surface area contributed by atoms with Crippen molar-refractivity contribution in [2.75, 3.05) is 26.4 Å². The van der Waals surface area contributed by atoms with Gasteiger partial charge in [-0.1, -0.05) is 226 Å². The van der Waals surface area contributed by atoms with Crippen molar-refractivity contribution in [1.82, 2.24) is 0 Å². The number of ether oxygens (including phenoxy) is 3. The summed E-state index contributed by atoms with van der Waals surface area (Å²) in [6, 6.07) is 0. The van der Waals surface area contributed by atoms with Crippen molar-refractivity contribution in [3.63, 3.8) is 0 Å². The molecule has 3 unspecified atom stereocenters. The second-order valence-electron chi connectivity index (χ2n) is 17.7. The highest BCUT2D eigenvalue weighted by atomic mass is 31.2. The zero-order chi connectivity index (χ0) is 45.6. The van der Waals surface area contributed by atoms with E-state index in [1.165, 1.54) is 148 Å². The normalized spacial score (nSPS) is 13.4. The van der Waals surface area contributed by atoms with Crippen molar-refractivity contribution < 1.29 is 52.2 Å². The van der Waals surface area contributed by atoms with E-state index in [2.05, 4.69) is 20.8 Å². The van der Waals surface area contributed by atoms with Gasteiger partial charge in [-0.25, -0.2) is 4.57 Å². The fourth-order valence-electron chi connectivity index (χ4n) is 7.53. The topological polar surface area (TPSA) is 155 Å². The van der Waals surface area contributed by atoms with Gasteiger partial charge in [0.25, 0.3) is 0 Å². The molecule has 62 heavy (non-hydrogen) atoms. The molecule has 0 heterocycles. The summed E-state index contributed by atoms with van der Waals surface area (Å²) in [5.74, 6) is -1.44. The molecule has 0 aromatic carbocycles. The number of aliphatic hydroxyl groups is 1. The first-order chi connectivity index (χ1) is 30.2. The van der Waals surface area contributed by atoms with Crippen LogP contribution in [0.1, 0.15) is 265 Å². The number of phosphoric ester groups is 1. The summed E-state index contributed by atoms with van der Waals surface area (Å²) in [6.07, 6.45) is 39.3. The molecule has 0 bridgehead atoms. The number of rotatable bonds is 49. The minimum Gasteiger partial charge on any atom is -0.462 e. The van der Waals surface area contributed by atoms with Crippen molar-refractivity contribution >= 4 is 25.7 Å². The van der Waals surface area contributed by atoms with Gasteiger partial charge >= 0.3 is 25.7 Å². The Bertz CT molecular complexity index is 1060. The lowest BCUT2D eigenvalue weighted by molar-refractivity contribution is -0.161. The molecule has 3 atom stereocenters. The third-order valence-electron chi connectivity index (χ3n) is 11.5. The second-order valence-corrected chi connectivity index (χ2v) is 19.2. The molecule has 0 aromatic heterocycles. The van der Waals surface area contributed by atoms with Crippen LogP contribution in [0.2, 0.25) is 0 Å². The van der Waals surface area contributed by atoms with Crippen molar-refractivity contribution in [2.45, 2.75) is 277 Å². The zero-order valence-corrected chi connectivity index (χ0v) is 41.3. The number of esters is 3. The summed E-state index contributed by atoms with van der Waals surface area (Å²) in [4.78, 5) is 48.1. The molecule has 0 radical (unpaired) electrons. The first kappa shape index (κ1) is 60.5. The average molecular weight is 905 g/mol. The van der Waals surface area contributed by atoms with Crippen LogP contribution in [-0.2, 0) is 42.2 Å². The van der Waals surface area contributed by atoms with Gasteiger partial charge in [-0.05, 0) is 19.3 Å². The number of phosphoric acid groups is 1. The molecule has 11 nitrogen and oxygen atoms in total. The molecule has 0 aliphatic heterocycles. The molecular weight excluding hydrogens is 808 g/mol. The van der Waals surface area contributed by atoms with Gasteiger partial charge in [-0.2, -0.15) is 0 Å². The largest absolute Gasteiger partial charge is 0.472 e. The predicted molar refractivity (Wildman–Crippen MR) is 252 cm³/mol. The van der Waals surface area contributed by atoms with Crippen LogP contribution in [0.4, 0.5) is 0 Å². The quantitative estimate of drug-likeness (QED) is 0.0259. The summed E-state index contributed by atoms with van der Waals surface area (Å²) < 4.78 is 39.3. The highest BCUT2D eigenvalue weighted by Gasteiger charge is 2.28. The molecule has 368 valence electrons. The molecule has 0 aliphatic rings. The van der Waals surface area contributed by atoms with E-state index in [1.54, 1.807) is 0 Å². The zero-order valence-electron chi connectivity index (χ0n) is 40.4. The molecule has 0 saturated heterocycles. The standard InChI is InChI=1S/C50H97O11P/c1-4-7-10-13-16-19-21-22-23-24-26-29-32-35-38-41-50(54)61-47(43-57-48(52)39-36-33-30-28-25-20-17-14-11-8-5-2)45-59-62(55,56)58-44-46(42-51)60-49(53)40-37-34-31-27-18-15-12-9-6-3/h46-47,51H,4-45H2,1-3H3,(H,55,56). The van der Waals surface area contributed by atoms with Crippen molar-refractivity contribution in [3.8, 4) is 0 Å². The van der Waals surface area contributed by atoms with E-state index in [4.69, 9.17) is 23.3 Å². The molecular formula is C50H97O11P. The van der Waals surface area contributed by atoms with Crippen molar-refractivity contribution in [3.05, 3.63) is 0 Å². The van der Waals surface area contributed by atoms with Gasteiger partial charge in [0, 0.05) is 19.3 Å². The highest BCUT2D eigenvalue weighted by Crippen LogP contribution is 2.43. The molecule has 0 fully saturated rings. The molecule has 0 aliphatic carbocycles. The maximum atomic E-state index is 12.8. The van der Waals surface area contributed by atoms with E-state index in [0.717, 1.165) is 57.8 Å². The molecule has 0 amide bonds. The highest BCUT2D eigenvalue weighted by molar-refractivity contribution is 7.47. The molecule has 0 saturated carbocycles. The van der Waals surface area contributed by atoms with E-state index >= 15 is 0 Å². The first-order valence-corrected chi connectivity index (χ1v) is 27.4. The second kappa shape index (κ2) is 46.0. The lowest BCUT2D eigenvalue weighted by Gasteiger charge is -2.21. The van der Waals surface area contributed by atoms with Gasteiger partial charge in [0.15, 0.2) is 6.10 Å². The third-order valence-corrected chi connectivity index (χ3v) is 12.5. The minimum absolute atomic E-state index is 0.178. The minimum atomic E-state index is -4.72. The van der Waals surface area contributed by atoms with Crippen LogP contribution in [0, 0.1) is 0 Å². The molecule has 2 N–H and O–H groups in total. The van der Waals surface area contributed by atoms with E-state index in [0.29, 0.717) is 19.3 Å². The summed E-state index contributed by atoms with van der Waals surface area (Å²) in [6.45, 7) is 4.64. The lowest BCUT2D eigenvalue weighted by atomic mass is 10.0. The molecule has 0 rings (SSSR count). The van der Waals surface area contributed by atoms with Crippen molar-refractivity contribution in [2.24, 2.45) is 0 Å². The number of unbranched alkanes of at least 4 members (excludes halogenated alkanes) is 32. The van der Waals surface area contributed by atoms with Crippen molar-refractivity contribution in [1.29, 1.82) is 0 Å². The van der Waals surface area contributed by atoms with Crippen LogP contribution in [0.3, 0.4) is 0 Å². The molecule has 12 heteroatoms. The Balaban J connectivity index is 4.69. The predicted octanol–water partition coefficient (Wildman–Crippen LogP) is 14.4. The van der Waals surface area contributed by atoms with E-state index in [1.807, 2.05) is 0 Å². The Morgan fingerprint density at radius 3 is 0.952 bits per heavy atom. The van der Waals surface area contributed by atoms with Gasteiger partial charge in [-0.15, -0.1) is 0 Å². The number of carbonyl (C=O) groups is 3. The summed E-state index contributed by atoms with van der Waals surface area (Å²) in [5, 5.41) is 9.73. The Kier molecular flexibility index (Phi) is 44.9. The van der Waals surface area contributed by atoms with Gasteiger partial charge in [0.05, 0.1) is 19.8 Å². The van der Waals surface area contributed by atoms with E-state index in [-0.39, 0.29) is 25.9 Å². The number of hydrogen-bond donors (Lipinski definition) is 2. The van der Waals surface area contributed by atoms with E-state index in [9.17, 15) is 28.9 Å². The number of aliphatic hydroxyl groups excluding tert-OH is 1. The maximum absolute atomic E-state index is 12.8. The Morgan fingerprint density at radius 2 is 0.645 bits per heavy atom. The summed E-state index contributed by atoms with van der Waals surface area (Å²) in [5.41, 5.74) is 0. The smallest absolute Gasteiger partial charge is 0.462 e. The van der Waals surface area contributed by atoms with Crippen LogP contribution in [0.15, 0.2) is 0 Å². The Labute approximate surface area is 380 Å². The van der Waals surface area contributed by atoms with Gasteiger partial charge in [-0.3, -0.25) is 23.4 Å².